The van der Waals surface area contributed by atoms with Crippen molar-refractivity contribution in [1.82, 2.24) is 4.90 Å². The lowest BCUT2D eigenvalue weighted by atomic mass is 10.2. The highest BCUT2D eigenvalue weighted by Gasteiger charge is 2.31. The van der Waals surface area contributed by atoms with Gasteiger partial charge in [-0.05, 0) is 13.8 Å². The van der Waals surface area contributed by atoms with Gasteiger partial charge in [0, 0.05) is 19.2 Å². The fourth-order valence-corrected chi connectivity index (χ4v) is 2.78. The van der Waals surface area contributed by atoms with E-state index in [9.17, 15) is 4.79 Å². The first-order valence-corrected chi connectivity index (χ1v) is 7.38. The number of ether oxygens (including phenoxy) is 2. The summed E-state index contributed by atoms with van der Waals surface area (Å²) in [6.07, 6.45) is 0. The predicted octanol–water partition coefficient (Wildman–Crippen LogP) is 2.88. The number of nitrogens with zero attached hydrogens (tertiary/aromatic N) is 2. The molecule has 3 N–H and O–H groups in total. The Morgan fingerprint density at radius 1 is 1.36 bits per heavy atom. The molecule has 0 aliphatic carbocycles. The molecule has 1 aliphatic heterocycles. The number of fused-ring (bicyclic) bond motifs is 1. The number of urea groups is 1. The third-order valence-corrected chi connectivity index (χ3v) is 3.86. The van der Waals surface area contributed by atoms with Gasteiger partial charge in [-0.1, -0.05) is 23.2 Å². The fourth-order valence-electron chi connectivity index (χ4n) is 2.12. The van der Waals surface area contributed by atoms with Crippen molar-refractivity contribution in [1.29, 1.82) is 5.41 Å². The number of carbonyl (C=O) groups excluding carboxylic acids is 1. The highest BCUT2D eigenvalue weighted by molar-refractivity contribution is 6.42. The summed E-state index contributed by atoms with van der Waals surface area (Å²) in [5, 5.41) is 7.94. The highest BCUT2D eigenvalue weighted by Crippen LogP contribution is 2.48. The van der Waals surface area contributed by atoms with Crippen LogP contribution in [-0.4, -0.2) is 36.8 Å². The first-order valence-electron chi connectivity index (χ1n) is 6.62. The number of benzene rings is 1. The van der Waals surface area contributed by atoms with Crippen molar-refractivity contribution < 1.29 is 14.3 Å². The number of hydrogen-bond acceptors (Lipinski definition) is 4. The number of amides is 2. The standard InChI is InChI=1S/C13H16Cl2N4O3/c1-3-18(4-2)13(20)19(12(16)17)10-7(14)5-8-11(9(10)15)22-6-21-8/h5H,3-4,6H2,1-2H3,(H3,16,17). The van der Waals surface area contributed by atoms with Crippen molar-refractivity contribution in [2.24, 2.45) is 5.73 Å². The zero-order valence-electron chi connectivity index (χ0n) is 12.2. The lowest BCUT2D eigenvalue weighted by Crippen LogP contribution is -2.49. The molecule has 0 aromatic heterocycles. The minimum absolute atomic E-state index is 0.0128. The van der Waals surface area contributed by atoms with E-state index in [1.54, 1.807) is 0 Å². The van der Waals surface area contributed by atoms with Crippen LogP contribution in [0.1, 0.15) is 13.8 Å². The van der Waals surface area contributed by atoms with Gasteiger partial charge in [-0.2, -0.15) is 0 Å². The van der Waals surface area contributed by atoms with E-state index in [4.69, 9.17) is 43.8 Å². The zero-order chi connectivity index (χ0) is 16.4. The summed E-state index contributed by atoms with van der Waals surface area (Å²) in [6, 6.07) is 0.997. The van der Waals surface area contributed by atoms with Gasteiger partial charge in [-0.15, -0.1) is 0 Å². The van der Waals surface area contributed by atoms with Crippen LogP contribution in [-0.2, 0) is 0 Å². The van der Waals surface area contributed by atoms with Gasteiger partial charge in [-0.3, -0.25) is 5.41 Å². The smallest absolute Gasteiger partial charge is 0.331 e. The number of guanidine groups is 1. The Morgan fingerprint density at radius 2 is 2.00 bits per heavy atom. The van der Waals surface area contributed by atoms with E-state index in [0.29, 0.717) is 18.8 Å². The van der Waals surface area contributed by atoms with Crippen LogP contribution in [0.25, 0.3) is 0 Å². The number of nitrogens with one attached hydrogen (secondary N) is 1. The summed E-state index contributed by atoms with van der Waals surface area (Å²) >= 11 is 12.5. The van der Waals surface area contributed by atoms with Crippen LogP contribution >= 0.6 is 23.2 Å². The minimum Gasteiger partial charge on any atom is -0.453 e. The quantitative estimate of drug-likeness (QED) is 0.650. The maximum Gasteiger partial charge on any atom is 0.331 e. The molecule has 0 bridgehead atoms. The lowest BCUT2D eigenvalue weighted by molar-refractivity contribution is 0.174. The Bertz CT molecular complexity index is 620. The van der Waals surface area contributed by atoms with E-state index in [1.807, 2.05) is 13.8 Å². The van der Waals surface area contributed by atoms with Crippen molar-refractivity contribution in [2.45, 2.75) is 13.8 Å². The van der Waals surface area contributed by atoms with Gasteiger partial charge in [0.2, 0.25) is 12.8 Å². The van der Waals surface area contributed by atoms with Crippen LogP contribution in [0, 0.1) is 5.41 Å². The number of rotatable bonds is 3. The zero-order valence-corrected chi connectivity index (χ0v) is 13.7. The number of nitrogens with two attached hydrogens (primary N) is 1. The molecular formula is C13H16Cl2N4O3. The maximum absolute atomic E-state index is 12.6. The second-order valence-electron chi connectivity index (χ2n) is 4.43. The van der Waals surface area contributed by atoms with Crippen LogP contribution in [0.5, 0.6) is 11.5 Å². The van der Waals surface area contributed by atoms with Crippen molar-refractivity contribution in [2.75, 3.05) is 24.8 Å². The van der Waals surface area contributed by atoms with Crippen LogP contribution in [0.2, 0.25) is 10.0 Å². The topological polar surface area (TPSA) is 91.9 Å². The van der Waals surface area contributed by atoms with E-state index in [2.05, 4.69) is 0 Å². The summed E-state index contributed by atoms with van der Waals surface area (Å²) in [6.45, 7) is 4.57. The average Bonchev–Trinajstić information content (AvgIpc) is 2.92. The van der Waals surface area contributed by atoms with Crippen molar-refractivity contribution in [3.63, 3.8) is 0 Å². The SMILES string of the molecule is CCN(CC)C(=O)N(C(=N)N)c1c(Cl)cc2c(c1Cl)OCO2. The lowest BCUT2D eigenvalue weighted by Gasteiger charge is -2.29. The molecule has 1 aromatic carbocycles. The monoisotopic (exact) mass is 346 g/mol. The van der Waals surface area contributed by atoms with Gasteiger partial charge in [0.25, 0.3) is 0 Å². The molecule has 0 atom stereocenters. The molecule has 7 nitrogen and oxygen atoms in total. The fraction of sp³-hybridized carbons (Fsp3) is 0.385. The molecule has 22 heavy (non-hydrogen) atoms. The summed E-state index contributed by atoms with van der Waals surface area (Å²) in [5.74, 6) is 0.178. The summed E-state index contributed by atoms with van der Waals surface area (Å²) in [5.41, 5.74) is 5.68. The number of hydrogen-bond donors (Lipinski definition) is 2. The largest absolute Gasteiger partial charge is 0.453 e. The van der Waals surface area contributed by atoms with Crippen LogP contribution in [0.3, 0.4) is 0 Å². The normalized spacial score (nSPS) is 12.2. The molecule has 9 heteroatoms. The van der Waals surface area contributed by atoms with Crippen LogP contribution in [0.4, 0.5) is 10.5 Å². The molecule has 0 spiro atoms. The van der Waals surface area contributed by atoms with Crippen molar-refractivity contribution >= 4 is 40.9 Å². The van der Waals surface area contributed by atoms with Crippen LogP contribution in [0.15, 0.2) is 6.07 Å². The Balaban J connectivity index is 2.55. The number of anilines is 1. The van der Waals surface area contributed by atoms with Gasteiger partial charge >= 0.3 is 6.03 Å². The molecule has 1 aliphatic rings. The van der Waals surface area contributed by atoms with Crippen LogP contribution < -0.4 is 20.1 Å². The molecular weight excluding hydrogens is 331 g/mol. The molecule has 2 rings (SSSR count). The molecule has 1 heterocycles. The molecule has 0 radical (unpaired) electrons. The van der Waals surface area contributed by atoms with E-state index in [1.165, 1.54) is 11.0 Å². The van der Waals surface area contributed by atoms with Crippen molar-refractivity contribution in [3.05, 3.63) is 16.1 Å². The molecule has 0 fully saturated rings. The maximum atomic E-state index is 12.6. The molecule has 0 unspecified atom stereocenters. The first kappa shape index (κ1) is 16.5. The Kier molecular flexibility index (Phi) is 4.87. The van der Waals surface area contributed by atoms with Gasteiger partial charge in [0.05, 0.1) is 10.7 Å². The molecule has 0 saturated heterocycles. The average molecular weight is 347 g/mol. The van der Waals surface area contributed by atoms with E-state index in [-0.39, 0.29) is 28.3 Å². The third-order valence-electron chi connectivity index (χ3n) is 3.22. The Morgan fingerprint density at radius 3 is 2.55 bits per heavy atom. The second-order valence-corrected chi connectivity index (χ2v) is 5.22. The third kappa shape index (κ3) is 2.74. The molecule has 120 valence electrons. The van der Waals surface area contributed by atoms with E-state index >= 15 is 0 Å². The summed E-state index contributed by atoms with van der Waals surface area (Å²) in [4.78, 5) is 15.1. The van der Waals surface area contributed by atoms with Gasteiger partial charge < -0.3 is 20.1 Å². The van der Waals surface area contributed by atoms with Gasteiger partial charge in [0.1, 0.15) is 5.02 Å². The summed E-state index contributed by atoms with van der Waals surface area (Å²) < 4.78 is 10.5. The predicted molar refractivity (Wildman–Crippen MR) is 85.3 cm³/mol. The minimum atomic E-state index is -0.487. The second kappa shape index (κ2) is 6.50. The summed E-state index contributed by atoms with van der Waals surface area (Å²) in [7, 11) is 0. The first-order chi connectivity index (χ1) is 10.4. The van der Waals surface area contributed by atoms with Gasteiger partial charge in [-0.25, -0.2) is 9.69 Å². The number of halogens is 2. The van der Waals surface area contributed by atoms with Crippen molar-refractivity contribution in [3.8, 4) is 11.5 Å². The Hall–Kier alpha value is -1.86. The highest BCUT2D eigenvalue weighted by atomic mass is 35.5. The number of carbonyl (C=O) groups is 1. The van der Waals surface area contributed by atoms with E-state index < -0.39 is 12.0 Å². The molecule has 2 amide bonds. The van der Waals surface area contributed by atoms with E-state index in [0.717, 1.165) is 4.90 Å². The van der Waals surface area contributed by atoms with Gasteiger partial charge in [0.15, 0.2) is 11.5 Å². The Labute approximate surface area is 138 Å². The molecule has 0 saturated carbocycles. The molecule has 1 aromatic rings.